The molecule has 2 heterocycles. The number of aromatic nitrogens is 4. The molecule has 6 nitrogen and oxygen atoms in total. The van der Waals surface area contributed by atoms with E-state index in [9.17, 15) is 4.79 Å². The highest BCUT2D eigenvalue weighted by Crippen LogP contribution is 2.24. The number of carbonyl (C=O) groups is 1. The van der Waals surface area contributed by atoms with Crippen molar-refractivity contribution in [3.05, 3.63) is 30.1 Å². The van der Waals surface area contributed by atoms with E-state index in [1.165, 1.54) is 23.1 Å². The van der Waals surface area contributed by atoms with Crippen molar-refractivity contribution in [1.82, 2.24) is 19.7 Å². The van der Waals surface area contributed by atoms with Gasteiger partial charge in [0.15, 0.2) is 10.3 Å². The van der Waals surface area contributed by atoms with E-state index < -0.39 is 0 Å². The molecule has 2 aromatic heterocycles. The Morgan fingerprint density at radius 3 is 3.04 bits per heavy atom. The molecule has 2 aromatic rings. The van der Waals surface area contributed by atoms with Crippen molar-refractivity contribution in [3.63, 3.8) is 0 Å². The molecule has 0 bridgehead atoms. The molecule has 0 aliphatic carbocycles. The van der Waals surface area contributed by atoms with Crippen molar-refractivity contribution in [2.24, 2.45) is 0 Å². The second-order valence-corrected chi connectivity index (χ2v) is 7.19. The molecule has 0 aromatic carbocycles. The topological polar surface area (TPSA) is 72.7 Å². The van der Waals surface area contributed by atoms with Gasteiger partial charge >= 0.3 is 0 Å². The van der Waals surface area contributed by atoms with Gasteiger partial charge in [-0.3, -0.25) is 4.79 Å². The highest BCUT2D eigenvalue weighted by atomic mass is 32.2. The molecule has 0 saturated heterocycles. The number of hydrogen-bond acceptors (Lipinski definition) is 6. The van der Waals surface area contributed by atoms with E-state index in [-0.39, 0.29) is 11.2 Å². The van der Waals surface area contributed by atoms with Crippen molar-refractivity contribution < 1.29 is 4.79 Å². The van der Waals surface area contributed by atoms with Crippen molar-refractivity contribution >= 4 is 34.1 Å². The number of carbonyl (C=O) groups excluding carboxylic acids is 1. The maximum absolute atomic E-state index is 12.2. The molecule has 124 valence electrons. The smallest absolute Gasteiger partial charge is 0.239 e. The van der Waals surface area contributed by atoms with Crippen LogP contribution in [-0.4, -0.2) is 30.9 Å². The number of thiazole rings is 1. The lowest BCUT2D eigenvalue weighted by molar-refractivity contribution is -0.115. The van der Waals surface area contributed by atoms with Crippen molar-refractivity contribution in [2.75, 3.05) is 5.32 Å². The van der Waals surface area contributed by atoms with E-state index in [1.807, 2.05) is 22.9 Å². The predicted octanol–water partition coefficient (Wildman–Crippen LogP) is 3.38. The van der Waals surface area contributed by atoms with Crippen LogP contribution in [0.2, 0.25) is 0 Å². The first kappa shape index (κ1) is 17.7. The summed E-state index contributed by atoms with van der Waals surface area (Å²) in [6.07, 6.45) is 6.55. The molecule has 0 fully saturated rings. The monoisotopic (exact) mass is 351 g/mol. The van der Waals surface area contributed by atoms with Crippen molar-refractivity contribution in [2.45, 2.75) is 50.1 Å². The maximum Gasteiger partial charge on any atom is 0.239 e. The van der Waals surface area contributed by atoms with Gasteiger partial charge < -0.3 is 9.88 Å². The summed E-state index contributed by atoms with van der Waals surface area (Å²) in [5.74, 6) is 0.856. The largest absolute Gasteiger partial charge is 0.302 e. The van der Waals surface area contributed by atoms with Crippen LogP contribution in [0.5, 0.6) is 0 Å². The maximum atomic E-state index is 12.2. The summed E-state index contributed by atoms with van der Waals surface area (Å²) >= 11 is 2.80. The highest BCUT2D eigenvalue weighted by Gasteiger charge is 2.20. The van der Waals surface area contributed by atoms with E-state index >= 15 is 0 Å². The number of rotatable bonds is 9. The summed E-state index contributed by atoms with van der Waals surface area (Å²) in [4.78, 5) is 16.3. The molecule has 1 N–H and O–H groups in total. The second kappa shape index (κ2) is 8.83. The fourth-order valence-electron chi connectivity index (χ4n) is 1.94. The number of nitrogens with one attached hydrogen (secondary N) is 1. The minimum atomic E-state index is -0.286. The zero-order valence-electron chi connectivity index (χ0n) is 13.4. The third-order valence-electron chi connectivity index (χ3n) is 3.17. The molecule has 23 heavy (non-hydrogen) atoms. The van der Waals surface area contributed by atoms with E-state index in [1.54, 1.807) is 6.20 Å². The zero-order valence-corrected chi connectivity index (χ0v) is 15.0. The predicted molar refractivity (Wildman–Crippen MR) is 94.9 cm³/mol. The molecule has 8 heteroatoms. The van der Waals surface area contributed by atoms with Crippen LogP contribution in [-0.2, 0) is 17.8 Å². The second-order valence-electron chi connectivity index (χ2n) is 4.99. The normalized spacial score (nSPS) is 12.1. The summed E-state index contributed by atoms with van der Waals surface area (Å²) in [7, 11) is 0. The first-order valence-corrected chi connectivity index (χ1v) is 9.31. The number of aryl methyl sites for hydroxylation is 1. The number of hydrogen-bond donors (Lipinski definition) is 1. The van der Waals surface area contributed by atoms with E-state index in [0.717, 1.165) is 30.2 Å². The quantitative estimate of drug-likeness (QED) is 0.554. The lowest BCUT2D eigenvalue weighted by Gasteiger charge is -2.11. The Kier molecular flexibility index (Phi) is 6.79. The van der Waals surface area contributed by atoms with Crippen LogP contribution >= 0.6 is 23.1 Å². The summed E-state index contributed by atoms with van der Waals surface area (Å²) in [6.45, 7) is 8.44. The average molecular weight is 352 g/mol. The third-order valence-corrected chi connectivity index (χ3v) is 4.94. The van der Waals surface area contributed by atoms with Gasteiger partial charge in [-0.05, 0) is 13.3 Å². The Bertz CT molecular complexity index is 638. The molecule has 1 amide bonds. The fourth-order valence-corrected chi connectivity index (χ4v) is 3.35. The van der Waals surface area contributed by atoms with Crippen LogP contribution in [0.4, 0.5) is 5.13 Å². The van der Waals surface area contributed by atoms with Gasteiger partial charge in [0, 0.05) is 24.5 Å². The van der Waals surface area contributed by atoms with Crippen LogP contribution in [0, 0.1) is 0 Å². The van der Waals surface area contributed by atoms with E-state index in [4.69, 9.17) is 0 Å². The third kappa shape index (κ3) is 4.90. The minimum absolute atomic E-state index is 0.0896. The van der Waals surface area contributed by atoms with E-state index in [0.29, 0.717) is 11.7 Å². The Hall–Kier alpha value is -1.67. The summed E-state index contributed by atoms with van der Waals surface area (Å²) in [6, 6.07) is 0. The molecular formula is C15H21N5OS2. The lowest BCUT2D eigenvalue weighted by atomic mass is 10.2. The summed E-state index contributed by atoms with van der Waals surface area (Å²) in [5, 5.41) is 14.2. The van der Waals surface area contributed by atoms with E-state index in [2.05, 4.69) is 34.0 Å². The molecule has 0 saturated carbocycles. The molecule has 0 radical (unpaired) electrons. The SMILES string of the molecule is C=CCn1c(CCCC)nnc1S[C@@H](C)C(=O)Nc1nccs1. The lowest BCUT2D eigenvalue weighted by Crippen LogP contribution is -2.22. The number of thioether (sulfide) groups is 1. The minimum Gasteiger partial charge on any atom is -0.302 e. The summed E-state index contributed by atoms with van der Waals surface area (Å²) in [5.41, 5.74) is 0. The van der Waals surface area contributed by atoms with Gasteiger partial charge in [-0.2, -0.15) is 0 Å². The van der Waals surface area contributed by atoms with Crippen LogP contribution < -0.4 is 5.32 Å². The molecule has 1 atom stereocenters. The standard InChI is InChI=1S/C15H21N5OS2/c1-4-6-7-12-18-19-15(20(12)9-5-2)23-11(3)13(21)17-14-16-8-10-22-14/h5,8,10-11H,2,4,6-7,9H2,1,3H3,(H,16,17,21)/t11-/m0/s1. The van der Waals surface area contributed by atoms with Gasteiger partial charge in [-0.15, -0.1) is 28.1 Å². The van der Waals surface area contributed by atoms with Crippen molar-refractivity contribution in [1.29, 1.82) is 0 Å². The van der Waals surface area contributed by atoms with Crippen molar-refractivity contribution in [3.8, 4) is 0 Å². The van der Waals surface area contributed by atoms with Gasteiger partial charge in [-0.25, -0.2) is 4.98 Å². The van der Waals surface area contributed by atoms with Crippen LogP contribution in [0.1, 0.15) is 32.5 Å². The number of anilines is 1. The first-order valence-electron chi connectivity index (χ1n) is 7.55. The Labute approximate surface area is 144 Å². The molecule has 2 rings (SSSR count). The molecule has 0 aliphatic heterocycles. The number of nitrogens with zero attached hydrogens (tertiary/aromatic N) is 4. The van der Waals surface area contributed by atoms with Gasteiger partial charge in [0.1, 0.15) is 5.82 Å². The Morgan fingerprint density at radius 1 is 1.57 bits per heavy atom. The highest BCUT2D eigenvalue weighted by molar-refractivity contribution is 8.00. The molecular weight excluding hydrogens is 330 g/mol. The number of unbranched alkanes of at least 4 members (excludes halogenated alkanes) is 1. The number of allylic oxidation sites excluding steroid dienone is 1. The van der Waals surface area contributed by atoms with Crippen LogP contribution in [0.15, 0.2) is 29.4 Å². The first-order chi connectivity index (χ1) is 11.2. The zero-order chi connectivity index (χ0) is 16.7. The van der Waals surface area contributed by atoms with Gasteiger partial charge in [0.05, 0.1) is 5.25 Å². The Morgan fingerprint density at radius 2 is 2.39 bits per heavy atom. The molecule has 0 aliphatic rings. The Balaban J connectivity index is 2.04. The number of amides is 1. The van der Waals surface area contributed by atoms with Crippen LogP contribution in [0.3, 0.4) is 0 Å². The molecule has 0 unspecified atom stereocenters. The average Bonchev–Trinajstić information content (AvgIpc) is 3.17. The molecule has 0 spiro atoms. The van der Waals surface area contributed by atoms with Gasteiger partial charge in [-0.1, -0.05) is 31.2 Å². The summed E-state index contributed by atoms with van der Waals surface area (Å²) < 4.78 is 2.03. The van der Waals surface area contributed by atoms with Gasteiger partial charge in [0.2, 0.25) is 5.91 Å². The van der Waals surface area contributed by atoms with Crippen LogP contribution in [0.25, 0.3) is 0 Å². The fraction of sp³-hybridized carbons (Fsp3) is 0.467. The van der Waals surface area contributed by atoms with Gasteiger partial charge in [0.25, 0.3) is 0 Å².